The number of nitrogens with zero attached hydrogens (tertiary/aromatic N) is 2. The molecule has 0 bridgehead atoms. The molecule has 2 heterocycles. The number of ether oxygens (including phenoxy) is 1. The fraction of sp³-hybridized carbons (Fsp3) is 0.429. The number of alkyl halides is 3. The third-order valence-corrected chi connectivity index (χ3v) is 4.87. The maximum absolute atomic E-state index is 12.4. The van der Waals surface area contributed by atoms with Gasteiger partial charge >= 0.3 is 6.36 Å². The molecule has 1 aromatic carbocycles. The molecule has 31 heavy (non-hydrogen) atoms. The molecule has 1 N–H and O–H groups in total. The van der Waals surface area contributed by atoms with E-state index in [9.17, 15) is 22.8 Å². The lowest BCUT2D eigenvalue weighted by Crippen LogP contribution is -2.51. The number of hydrogen-bond acceptors (Lipinski definition) is 5. The molecule has 2 amide bonds. The van der Waals surface area contributed by atoms with Crippen LogP contribution in [0, 0.1) is 6.92 Å². The Morgan fingerprint density at radius 1 is 1.06 bits per heavy atom. The van der Waals surface area contributed by atoms with Gasteiger partial charge in [-0.25, -0.2) is 0 Å². The van der Waals surface area contributed by atoms with Crippen molar-refractivity contribution in [3.8, 4) is 5.75 Å². The second kappa shape index (κ2) is 9.86. The van der Waals surface area contributed by atoms with Gasteiger partial charge in [0.1, 0.15) is 11.5 Å². The largest absolute Gasteiger partial charge is 0.573 e. The summed E-state index contributed by atoms with van der Waals surface area (Å²) in [6.07, 6.45) is -4.23. The Morgan fingerprint density at radius 2 is 1.74 bits per heavy atom. The van der Waals surface area contributed by atoms with Gasteiger partial charge in [-0.1, -0.05) is 12.1 Å². The van der Waals surface area contributed by atoms with Gasteiger partial charge in [-0.2, -0.15) is 0 Å². The van der Waals surface area contributed by atoms with E-state index in [0.717, 1.165) is 5.56 Å². The van der Waals surface area contributed by atoms with Crippen molar-refractivity contribution in [3.63, 3.8) is 0 Å². The van der Waals surface area contributed by atoms with Crippen molar-refractivity contribution in [2.45, 2.75) is 19.7 Å². The average molecular weight is 439 g/mol. The molecule has 3 rings (SSSR count). The Labute approximate surface area is 177 Å². The van der Waals surface area contributed by atoms with Gasteiger partial charge in [-0.05, 0) is 43.2 Å². The number of benzene rings is 1. The van der Waals surface area contributed by atoms with Crippen molar-refractivity contribution in [3.05, 3.63) is 53.5 Å². The number of carbonyl (C=O) groups is 2. The molecular weight excluding hydrogens is 415 g/mol. The monoisotopic (exact) mass is 439 g/mol. The number of hydrogen-bond donors (Lipinski definition) is 1. The lowest BCUT2D eigenvalue weighted by atomic mass is 10.1. The van der Waals surface area contributed by atoms with E-state index in [4.69, 9.17) is 4.42 Å². The highest BCUT2D eigenvalue weighted by Gasteiger charge is 2.31. The molecule has 1 aliphatic heterocycles. The minimum atomic E-state index is -4.72. The SMILES string of the molecule is Cc1ccc(C(=O)N2CCN(CC(=O)NCCc3ccc(OC(F)(F)F)cc3)CC2)o1. The minimum Gasteiger partial charge on any atom is -0.456 e. The maximum Gasteiger partial charge on any atom is 0.573 e. The summed E-state index contributed by atoms with van der Waals surface area (Å²) in [6, 6.07) is 8.96. The number of piperazine rings is 1. The molecule has 1 aromatic heterocycles. The first-order chi connectivity index (χ1) is 14.7. The Kier molecular flexibility index (Phi) is 7.21. The van der Waals surface area contributed by atoms with E-state index in [0.29, 0.717) is 50.7 Å². The van der Waals surface area contributed by atoms with Crippen LogP contribution in [-0.4, -0.2) is 67.2 Å². The summed E-state index contributed by atoms with van der Waals surface area (Å²) in [7, 11) is 0. The van der Waals surface area contributed by atoms with E-state index in [1.54, 1.807) is 24.0 Å². The molecule has 0 radical (unpaired) electrons. The lowest BCUT2D eigenvalue weighted by molar-refractivity contribution is -0.274. The van der Waals surface area contributed by atoms with Crippen LogP contribution in [0.25, 0.3) is 0 Å². The Balaban J connectivity index is 1.35. The molecule has 0 unspecified atom stereocenters. The summed E-state index contributed by atoms with van der Waals surface area (Å²) in [5.41, 5.74) is 0.787. The Bertz CT molecular complexity index is 888. The third kappa shape index (κ3) is 7.02. The minimum absolute atomic E-state index is 0.140. The summed E-state index contributed by atoms with van der Waals surface area (Å²) in [5.74, 6) is 0.438. The van der Waals surface area contributed by atoms with Gasteiger partial charge in [0.05, 0.1) is 6.54 Å². The van der Waals surface area contributed by atoms with Gasteiger partial charge in [0.25, 0.3) is 5.91 Å². The van der Waals surface area contributed by atoms with Gasteiger partial charge < -0.3 is 19.4 Å². The fourth-order valence-corrected chi connectivity index (χ4v) is 3.28. The molecule has 1 fully saturated rings. The van der Waals surface area contributed by atoms with Crippen molar-refractivity contribution in [1.82, 2.24) is 15.1 Å². The molecule has 7 nitrogen and oxygen atoms in total. The van der Waals surface area contributed by atoms with Crippen molar-refractivity contribution in [2.75, 3.05) is 39.3 Å². The molecule has 0 spiro atoms. The molecule has 0 saturated carbocycles. The van der Waals surface area contributed by atoms with E-state index in [2.05, 4.69) is 10.1 Å². The second-order valence-electron chi connectivity index (χ2n) is 7.27. The topological polar surface area (TPSA) is 75.0 Å². The predicted molar refractivity (Wildman–Crippen MR) is 106 cm³/mol. The smallest absolute Gasteiger partial charge is 0.456 e. The number of halogens is 3. The van der Waals surface area contributed by atoms with Crippen molar-refractivity contribution >= 4 is 11.8 Å². The molecule has 0 aliphatic carbocycles. The Morgan fingerprint density at radius 3 is 2.32 bits per heavy atom. The number of rotatable bonds is 7. The molecule has 10 heteroatoms. The number of nitrogens with one attached hydrogen (secondary N) is 1. The van der Waals surface area contributed by atoms with Crippen LogP contribution in [0.2, 0.25) is 0 Å². The van der Waals surface area contributed by atoms with Crippen LogP contribution in [0.15, 0.2) is 40.8 Å². The quantitative estimate of drug-likeness (QED) is 0.718. The number of furan rings is 1. The van der Waals surface area contributed by atoms with Crippen LogP contribution in [0.3, 0.4) is 0 Å². The molecule has 0 atom stereocenters. The van der Waals surface area contributed by atoms with Gasteiger partial charge in [0.2, 0.25) is 5.91 Å². The number of amides is 2. The van der Waals surface area contributed by atoms with Crippen LogP contribution >= 0.6 is 0 Å². The maximum atomic E-state index is 12.4. The summed E-state index contributed by atoms with van der Waals surface area (Å²) < 4.78 is 45.7. The first-order valence-corrected chi connectivity index (χ1v) is 9.89. The zero-order chi connectivity index (χ0) is 22.4. The van der Waals surface area contributed by atoms with Gasteiger partial charge in [-0.3, -0.25) is 14.5 Å². The summed E-state index contributed by atoms with van der Waals surface area (Å²) in [5, 5.41) is 2.81. The summed E-state index contributed by atoms with van der Waals surface area (Å²) in [4.78, 5) is 28.2. The molecule has 2 aromatic rings. The summed E-state index contributed by atoms with van der Waals surface area (Å²) in [6.45, 7) is 4.56. The predicted octanol–water partition coefficient (Wildman–Crippen LogP) is 2.60. The molecule has 168 valence electrons. The normalized spacial score (nSPS) is 15.0. The van der Waals surface area contributed by atoms with Gasteiger partial charge in [0, 0.05) is 32.7 Å². The highest BCUT2D eigenvalue weighted by Crippen LogP contribution is 2.22. The highest BCUT2D eigenvalue weighted by molar-refractivity contribution is 5.91. The van der Waals surface area contributed by atoms with Crippen LogP contribution in [-0.2, 0) is 11.2 Å². The average Bonchev–Trinajstić information content (AvgIpc) is 3.14. The standard InChI is InChI=1S/C21H24F3N3O4/c1-15-2-7-18(30-15)20(29)27-12-10-26(11-13-27)14-19(28)25-9-8-16-3-5-17(6-4-16)31-21(22,23)24/h2-7H,8-14H2,1H3,(H,25,28). The molecule has 1 aliphatic rings. The zero-order valence-corrected chi connectivity index (χ0v) is 17.1. The van der Waals surface area contributed by atoms with E-state index < -0.39 is 6.36 Å². The fourth-order valence-electron chi connectivity index (χ4n) is 3.28. The van der Waals surface area contributed by atoms with Gasteiger partial charge in [-0.15, -0.1) is 13.2 Å². The van der Waals surface area contributed by atoms with Crippen molar-refractivity contribution in [1.29, 1.82) is 0 Å². The Hall–Kier alpha value is -3.01. The van der Waals surface area contributed by atoms with Crippen LogP contribution < -0.4 is 10.1 Å². The van der Waals surface area contributed by atoms with E-state index in [-0.39, 0.29) is 24.1 Å². The van der Waals surface area contributed by atoms with Crippen LogP contribution in [0.1, 0.15) is 21.9 Å². The van der Waals surface area contributed by atoms with E-state index in [1.807, 2.05) is 4.90 Å². The summed E-state index contributed by atoms with van der Waals surface area (Å²) >= 11 is 0. The lowest BCUT2D eigenvalue weighted by Gasteiger charge is -2.33. The molecule has 1 saturated heterocycles. The second-order valence-corrected chi connectivity index (χ2v) is 7.27. The van der Waals surface area contributed by atoms with E-state index >= 15 is 0 Å². The van der Waals surface area contributed by atoms with E-state index in [1.165, 1.54) is 24.3 Å². The van der Waals surface area contributed by atoms with Crippen LogP contribution in [0.5, 0.6) is 5.75 Å². The first kappa shape index (κ1) is 22.7. The third-order valence-electron chi connectivity index (χ3n) is 4.87. The first-order valence-electron chi connectivity index (χ1n) is 9.89. The van der Waals surface area contributed by atoms with Crippen molar-refractivity contribution < 1.29 is 31.9 Å². The number of aryl methyl sites for hydroxylation is 1. The van der Waals surface area contributed by atoms with Gasteiger partial charge in [0.15, 0.2) is 5.76 Å². The highest BCUT2D eigenvalue weighted by atomic mass is 19.4. The number of carbonyl (C=O) groups excluding carboxylic acids is 2. The molecular formula is C21H24F3N3O4. The van der Waals surface area contributed by atoms with Crippen LogP contribution in [0.4, 0.5) is 13.2 Å². The van der Waals surface area contributed by atoms with Crippen molar-refractivity contribution in [2.24, 2.45) is 0 Å². The zero-order valence-electron chi connectivity index (χ0n) is 17.1.